The Hall–Kier alpha value is -1.07. The van der Waals surface area contributed by atoms with Crippen molar-refractivity contribution in [2.45, 2.75) is 13.3 Å². The Kier molecular flexibility index (Phi) is 4.02. The molecule has 0 radical (unpaired) electrons. The van der Waals surface area contributed by atoms with Gasteiger partial charge in [-0.15, -0.1) is 11.3 Å². The van der Waals surface area contributed by atoms with E-state index >= 15 is 0 Å². The van der Waals surface area contributed by atoms with E-state index in [0.29, 0.717) is 17.9 Å². The van der Waals surface area contributed by atoms with Gasteiger partial charge in [-0.05, 0) is 47.5 Å². The van der Waals surface area contributed by atoms with Gasteiger partial charge < -0.3 is 9.73 Å². The summed E-state index contributed by atoms with van der Waals surface area (Å²) in [4.78, 5) is 13.0. The number of thiophene rings is 1. The maximum Gasteiger partial charge on any atom is 0.254 e. The first-order chi connectivity index (χ1) is 8.16. The lowest BCUT2D eigenvalue weighted by atomic mass is 10.2. The van der Waals surface area contributed by atoms with Crippen molar-refractivity contribution < 1.29 is 9.21 Å². The Balaban J connectivity index is 1.83. The van der Waals surface area contributed by atoms with Crippen LogP contribution in [0.1, 0.15) is 21.0 Å². The van der Waals surface area contributed by atoms with Gasteiger partial charge >= 0.3 is 0 Å². The average Bonchev–Trinajstić information content (AvgIpc) is 2.87. The highest BCUT2D eigenvalue weighted by molar-refractivity contribution is 9.11. The fourth-order valence-corrected chi connectivity index (χ4v) is 2.98. The zero-order chi connectivity index (χ0) is 12.3. The largest absolute Gasteiger partial charge is 0.469 e. The van der Waals surface area contributed by atoms with Crippen molar-refractivity contribution in [3.63, 3.8) is 0 Å². The highest BCUT2D eigenvalue weighted by atomic mass is 79.9. The van der Waals surface area contributed by atoms with Gasteiger partial charge in [0.1, 0.15) is 5.76 Å². The summed E-state index contributed by atoms with van der Waals surface area (Å²) in [5.41, 5.74) is 0.609. The number of carbonyl (C=O) groups excluding carboxylic acids is 1. The molecule has 0 aliphatic rings. The molecule has 0 saturated carbocycles. The number of furan rings is 1. The highest BCUT2D eigenvalue weighted by Crippen LogP contribution is 2.22. The minimum Gasteiger partial charge on any atom is -0.469 e. The summed E-state index contributed by atoms with van der Waals surface area (Å²) in [7, 11) is 0. The summed E-state index contributed by atoms with van der Waals surface area (Å²) >= 11 is 5.10. The summed E-state index contributed by atoms with van der Waals surface area (Å²) in [6, 6.07) is 5.76. The average molecular weight is 314 g/mol. The third-order valence-electron chi connectivity index (χ3n) is 2.39. The van der Waals surface area contributed by atoms with Gasteiger partial charge in [0.05, 0.1) is 15.6 Å². The fraction of sp³-hybridized carbons (Fsp3) is 0.250. The quantitative estimate of drug-likeness (QED) is 0.940. The van der Waals surface area contributed by atoms with E-state index in [4.69, 9.17) is 4.42 Å². The molecule has 90 valence electrons. The second kappa shape index (κ2) is 5.51. The first kappa shape index (κ1) is 12.4. The molecule has 0 unspecified atom stereocenters. The molecule has 2 aromatic rings. The maximum atomic E-state index is 11.7. The normalized spacial score (nSPS) is 10.5. The molecule has 1 amide bonds. The number of amides is 1. The molecule has 0 saturated heterocycles. The van der Waals surface area contributed by atoms with Crippen molar-refractivity contribution >= 4 is 33.2 Å². The lowest BCUT2D eigenvalue weighted by Crippen LogP contribution is -2.25. The molecule has 3 nitrogen and oxygen atoms in total. The van der Waals surface area contributed by atoms with Gasteiger partial charge in [0.2, 0.25) is 0 Å². The summed E-state index contributed by atoms with van der Waals surface area (Å²) in [5.74, 6) is 0.577. The van der Waals surface area contributed by atoms with Crippen LogP contribution in [0.4, 0.5) is 0 Å². The predicted molar refractivity (Wildman–Crippen MR) is 71.5 cm³/mol. The van der Waals surface area contributed by atoms with E-state index in [1.807, 2.05) is 6.07 Å². The zero-order valence-electron chi connectivity index (χ0n) is 9.33. The predicted octanol–water partition coefficient (Wildman–Crippen LogP) is 3.38. The van der Waals surface area contributed by atoms with Crippen LogP contribution in [0.25, 0.3) is 0 Å². The minimum atomic E-state index is -0.0770. The second-order valence-corrected chi connectivity index (χ2v) is 6.15. The van der Waals surface area contributed by atoms with E-state index in [1.165, 1.54) is 11.1 Å². The molecule has 0 fully saturated rings. The number of carbonyl (C=O) groups is 1. The van der Waals surface area contributed by atoms with Crippen LogP contribution >= 0.6 is 27.3 Å². The molecule has 0 atom stereocenters. The Labute approximate surface area is 112 Å². The summed E-state index contributed by atoms with van der Waals surface area (Å²) in [6.45, 7) is 2.42. The monoisotopic (exact) mass is 313 g/mol. The lowest BCUT2D eigenvalue weighted by molar-refractivity contribution is 0.0952. The summed E-state index contributed by atoms with van der Waals surface area (Å²) in [6.07, 6.45) is 2.37. The Morgan fingerprint density at radius 3 is 2.88 bits per heavy atom. The van der Waals surface area contributed by atoms with Gasteiger partial charge in [0, 0.05) is 11.4 Å². The smallest absolute Gasteiger partial charge is 0.254 e. The lowest BCUT2D eigenvalue weighted by Gasteiger charge is -2.02. The van der Waals surface area contributed by atoms with E-state index in [0.717, 1.165) is 10.2 Å². The number of nitrogens with one attached hydrogen (secondary N) is 1. The molecule has 2 rings (SSSR count). The van der Waals surface area contributed by atoms with Crippen molar-refractivity contribution in [2.75, 3.05) is 6.54 Å². The van der Waals surface area contributed by atoms with E-state index < -0.39 is 0 Å². The van der Waals surface area contributed by atoms with Crippen LogP contribution < -0.4 is 5.32 Å². The van der Waals surface area contributed by atoms with Crippen LogP contribution in [0, 0.1) is 6.92 Å². The van der Waals surface area contributed by atoms with Crippen molar-refractivity contribution in [3.8, 4) is 0 Å². The number of hydrogen-bond acceptors (Lipinski definition) is 3. The topological polar surface area (TPSA) is 42.2 Å². The van der Waals surface area contributed by atoms with Gasteiger partial charge in [-0.3, -0.25) is 4.79 Å². The van der Waals surface area contributed by atoms with Crippen molar-refractivity contribution in [1.82, 2.24) is 5.32 Å². The number of rotatable bonds is 4. The standard InChI is InChI=1S/C12H12BrNO2S/c1-8-10(5-7-16-8)12(15)14-6-4-9-2-3-11(13)17-9/h2-3,5,7H,4,6H2,1H3,(H,14,15). The van der Waals surface area contributed by atoms with Crippen LogP contribution in [0.2, 0.25) is 0 Å². The Morgan fingerprint density at radius 1 is 1.47 bits per heavy atom. The van der Waals surface area contributed by atoms with Crippen LogP contribution in [0.5, 0.6) is 0 Å². The maximum absolute atomic E-state index is 11.7. The number of aryl methyl sites for hydroxylation is 1. The van der Waals surface area contributed by atoms with Gasteiger partial charge in [0.25, 0.3) is 5.91 Å². The van der Waals surface area contributed by atoms with Crippen LogP contribution in [0.3, 0.4) is 0 Å². The van der Waals surface area contributed by atoms with Gasteiger partial charge in [0.15, 0.2) is 0 Å². The minimum absolute atomic E-state index is 0.0770. The molecule has 2 aromatic heterocycles. The summed E-state index contributed by atoms with van der Waals surface area (Å²) in [5, 5.41) is 2.88. The van der Waals surface area contributed by atoms with Crippen LogP contribution in [0.15, 0.2) is 32.7 Å². The molecule has 0 aliphatic heterocycles. The Bertz CT molecular complexity index is 518. The third kappa shape index (κ3) is 3.20. The SMILES string of the molecule is Cc1occc1C(=O)NCCc1ccc(Br)s1. The highest BCUT2D eigenvalue weighted by Gasteiger charge is 2.10. The van der Waals surface area contributed by atoms with Gasteiger partial charge in [-0.1, -0.05) is 0 Å². The first-order valence-electron chi connectivity index (χ1n) is 5.23. The number of hydrogen-bond donors (Lipinski definition) is 1. The van der Waals surface area contributed by atoms with E-state index in [1.54, 1.807) is 24.3 Å². The van der Waals surface area contributed by atoms with Crippen LogP contribution in [-0.2, 0) is 6.42 Å². The molecule has 1 N–H and O–H groups in total. The van der Waals surface area contributed by atoms with Crippen LogP contribution in [-0.4, -0.2) is 12.5 Å². The summed E-state index contributed by atoms with van der Waals surface area (Å²) < 4.78 is 6.20. The van der Waals surface area contributed by atoms with E-state index in [2.05, 4.69) is 27.3 Å². The molecule has 17 heavy (non-hydrogen) atoms. The molecule has 0 aliphatic carbocycles. The first-order valence-corrected chi connectivity index (χ1v) is 6.84. The third-order valence-corrected chi connectivity index (χ3v) is 4.07. The molecule has 2 heterocycles. The van der Waals surface area contributed by atoms with Gasteiger partial charge in [-0.25, -0.2) is 0 Å². The number of halogens is 1. The van der Waals surface area contributed by atoms with E-state index in [-0.39, 0.29) is 5.91 Å². The van der Waals surface area contributed by atoms with Gasteiger partial charge in [-0.2, -0.15) is 0 Å². The molecule has 0 bridgehead atoms. The molecular formula is C12H12BrNO2S. The van der Waals surface area contributed by atoms with E-state index in [9.17, 15) is 4.79 Å². The fourth-order valence-electron chi connectivity index (χ4n) is 1.50. The molecule has 0 aromatic carbocycles. The molecule has 0 spiro atoms. The second-order valence-electron chi connectivity index (χ2n) is 3.60. The zero-order valence-corrected chi connectivity index (χ0v) is 11.7. The van der Waals surface area contributed by atoms with Crippen molar-refractivity contribution in [1.29, 1.82) is 0 Å². The van der Waals surface area contributed by atoms with Crippen molar-refractivity contribution in [3.05, 3.63) is 44.4 Å². The molecular weight excluding hydrogens is 302 g/mol. The Morgan fingerprint density at radius 2 is 2.29 bits per heavy atom. The van der Waals surface area contributed by atoms with Crippen molar-refractivity contribution in [2.24, 2.45) is 0 Å². The molecule has 5 heteroatoms.